The van der Waals surface area contributed by atoms with E-state index in [1.165, 1.54) is 39.0 Å². The topological polar surface area (TPSA) is 32.5 Å². The average molecular weight is 253 g/mol. The molecule has 0 bridgehead atoms. The first kappa shape index (κ1) is 14.3. The van der Waals surface area contributed by atoms with Gasteiger partial charge in [0.2, 0.25) is 0 Å². The number of rotatable bonds is 3. The first-order valence-electron chi connectivity index (χ1n) is 7.72. The third-order valence-corrected chi connectivity index (χ3v) is 5.30. The minimum atomic E-state index is 0.409. The van der Waals surface area contributed by atoms with Crippen LogP contribution in [0.1, 0.15) is 40.5 Å². The van der Waals surface area contributed by atoms with Crippen LogP contribution in [0.5, 0.6) is 0 Å². The van der Waals surface area contributed by atoms with Crippen molar-refractivity contribution in [1.82, 2.24) is 9.80 Å². The highest BCUT2D eigenvalue weighted by molar-refractivity contribution is 4.89. The summed E-state index contributed by atoms with van der Waals surface area (Å²) in [5, 5.41) is 0. The Labute approximate surface area is 113 Å². The van der Waals surface area contributed by atoms with E-state index in [2.05, 4.69) is 37.5 Å². The van der Waals surface area contributed by atoms with Gasteiger partial charge in [-0.2, -0.15) is 0 Å². The van der Waals surface area contributed by atoms with E-state index in [0.717, 1.165) is 5.92 Å². The highest BCUT2D eigenvalue weighted by Gasteiger charge is 2.33. The molecule has 4 unspecified atom stereocenters. The van der Waals surface area contributed by atoms with Crippen LogP contribution >= 0.6 is 0 Å². The average Bonchev–Trinajstić information content (AvgIpc) is 2.79. The van der Waals surface area contributed by atoms with Crippen LogP contribution in [0.15, 0.2) is 0 Å². The summed E-state index contributed by atoms with van der Waals surface area (Å²) in [4.78, 5) is 5.30. The lowest BCUT2D eigenvalue weighted by Crippen LogP contribution is -2.53. The summed E-state index contributed by atoms with van der Waals surface area (Å²) >= 11 is 0. The van der Waals surface area contributed by atoms with Gasteiger partial charge in [-0.05, 0) is 58.5 Å². The van der Waals surface area contributed by atoms with Crippen molar-refractivity contribution in [1.29, 1.82) is 0 Å². The van der Waals surface area contributed by atoms with Crippen LogP contribution in [0, 0.1) is 11.8 Å². The summed E-state index contributed by atoms with van der Waals surface area (Å²) in [6, 6.07) is 1.77. The molecule has 2 fully saturated rings. The number of likely N-dealkylation sites (tertiary alicyclic amines) is 2. The number of piperidine rings is 1. The molecule has 3 nitrogen and oxygen atoms in total. The molecule has 18 heavy (non-hydrogen) atoms. The van der Waals surface area contributed by atoms with Gasteiger partial charge < -0.3 is 10.6 Å². The number of hydrogen-bond donors (Lipinski definition) is 1. The minimum absolute atomic E-state index is 0.409. The van der Waals surface area contributed by atoms with Crippen molar-refractivity contribution in [3.05, 3.63) is 0 Å². The van der Waals surface area contributed by atoms with Crippen molar-refractivity contribution in [2.45, 2.75) is 58.7 Å². The quantitative estimate of drug-likeness (QED) is 0.832. The molecule has 3 heteroatoms. The van der Waals surface area contributed by atoms with Gasteiger partial charge in [0.15, 0.2) is 0 Å². The molecule has 0 saturated carbocycles. The Balaban J connectivity index is 1.83. The van der Waals surface area contributed by atoms with E-state index in [1.54, 1.807) is 0 Å². The SMILES string of the molecule is CC1C(N)CCN(CC2CCN(C(C)C)C2)C1C. The van der Waals surface area contributed by atoms with Gasteiger partial charge in [0.25, 0.3) is 0 Å². The van der Waals surface area contributed by atoms with Crippen LogP contribution in [0.2, 0.25) is 0 Å². The van der Waals surface area contributed by atoms with E-state index in [9.17, 15) is 0 Å². The molecule has 0 amide bonds. The van der Waals surface area contributed by atoms with E-state index >= 15 is 0 Å². The van der Waals surface area contributed by atoms with Crippen LogP contribution in [0.4, 0.5) is 0 Å². The lowest BCUT2D eigenvalue weighted by molar-refractivity contribution is 0.0817. The third-order valence-electron chi connectivity index (χ3n) is 5.30. The normalized spacial score (nSPS) is 39.7. The van der Waals surface area contributed by atoms with Gasteiger partial charge in [0.1, 0.15) is 0 Å². The van der Waals surface area contributed by atoms with Crippen molar-refractivity contribution >= 4 is 0 Å². The Morgan fingerprint density at radius 1 is 1.17 bits per heavy atom. The molecular formula is C15H31N3. The lowest BCUT2D eigenvalue weighted by atomic mass is 9.87. The summed E-state index contributed by atoms with van der Waals surface area (Å²) in [6.07, 6.45) is 2.55. The summed E-state index contributed by atoms with van der Waals surface area (Å²) in [7, 11) is 0. The second kappa shape index (κ2) is 5.89. The molecule has 2 heterocycles. The third kappa shape index (κ3) is 3.06. The molecule has 2 rings (SSSR count). The zero-order chi connectivity index (χ0) is 13.3. The smallest absolute Gasteiger partial charge is 0.0107 e. The first-order chi connectivity index (χ1) is 8.49. The van der Waals surface area contributed by atoms with Crippen LogP contribution < -0.4 is 5.73 Å². The Hall–Kier alpha value is -0.120. The molecule has 2 saturated heterocycles. The maximum Gasteiger partial charge on any atom is 0.0107 e. The van der Waals surface area contributed by atoms with Gasteiger partial charge in [-0.1, -0.05) is 6.92 Å². The van der Waals surface area contributed by atoms with E-state index in [0.29, 0.717) is 24.0 Å². The van der Waals surface area contributed by atoms with Gasteiger partial charge in [0.05, 0.1) is 0 Å². The summed E-state index contributed by atoms with van der Waals surface area (Å²) in [5.41, 5.74) is 6.17. The largest absolute Gasteiger partial charge is 0.327 e. The Kier molecular flexibility index (Phi) is 4.68. The molecule has 2 aliphatic heterocycles. The fourth-order valence-electron chi connectivity index (χ4n) is 3.54. The molecule has 0 aromatic rings. The van der Waals surface area contributed by atoms with Crippen LogP contribution in [0.3, 0.4) is 0 Å². The second-order valence-electron chi connectivity index (χ2n) is 6.79. The van der Waals surface area contributed by atoms with Crippen molar-refractivity contribution in [3.63, 3.8) is 0 Å². The lowest BCUT2D eigenvalue weighted by Gasteiger charge is -2.42. The number of hydrogen-bond acceptors (Lipinski definition) is 3. The summed E-state index contributed by atoms with van der Waals surface area (Å²) in [5.74, 6) is 1.51. The van der Waals surface area contributed by atoms with E-state index in [4.69, 9.17) is 5.73 Å². The van der Waals surface area contributed by atoms with E-state index < -0.39 is 0 Å². The van der Waals surface area contributed by atoms with Gasteiger partial charge >= 0.3 is 0 Å². The van der Waals surface area contributed by atoms with E-state index in [-0.39, 0.29) is 0 Å². The Morgan fingerprint density at radius 2 is 1.89 bits per heavy atom. The maximum atomic E-state index is 6.17. The fourth-order valence-corrected chi connectivity index (χ4v) is 3.54. The predicted octanol–water partition coefficient (Wildman–Crippen LogP) is 1.77. The molecule has 0 aromatic carbocycles. The van der Waals surface area contributed by atoms with Crippen molar-refractivity contribution in [2.75, 3.05) is 26.2 Å². The predicted molar refractivity (Wildman–Crippen MR) is 77.6 cm³/mol. The first-order valence-corrected chi connectivity index (χ1v) is 7.72. The van der Waals surface area contributed by atoms with Gasteiger partial charge in [-0.3, -0.25) is 4.90 Å². The van der Waals surface area contributed by atoms with Gasteiger partial charge in [-0.25, -0.2) is 0 Å². The molecule has 0 aromatic heterocycles. The highest BCUT2D eigenvalue weighted by atomic mass is 15.2. The molecule has 4 atom stereocenters. The van der Waals surface area contributed by atoms with Crippen molar-refractivity contribution in [2.24, 2.45) is 17.6 Å². The van der Waals surface area contributed by atoms with Crippen molar-refractivity contribution < 1.29 is 0 Å². The van der Waals surface area contributed by atoms with Crippen LogP contribution in [-0.2, 0) is 0 Å². The molecule has 0 aliphatic carbocycles. The molecule has 0 radical (unpaired) electrons. The Morgan fingerprint density at radius 3 is 2.50 bits per heavy atom. The highest BCUT2D eigenvalue weighted by Crippen LogP contribution is 2.26. The van der Waals surface area contributed by atoms with Gasteiger partial charge in [-0.15, -0.1) is 0 Å². The second-order valence-corrected chi connectivity index (χ2v) is 6.79. The standard InChI is InChI=1S/C15H31N3/c1-11(2)17-7-5-14(9-17)10-18-8-6-15(16)12(3)13(18)4/h11-15H,5-10,16H2,1-4H3. The van der Waals surface area contributed by atoms with E-state index in [1.807, 2.05) is 0 Å². The molecule has 2 aliphatic rings. The van der Waals surface area contributed by atoms with Crippen LogP contribution in [0.25, 0.3) is 0 Å². The van der Waals surface area contributed by atoms with Gasteiger partial charge in [0, 0.05) is 31.2 Å². The fraction of sp³-hybridized carbons (Fsp3) is 1.00. The molecular weight excluding hydrogens is 222 g/mol. The monoisotopic (exact) mass is 253 g/mol. The number of nitrogens with two attached hydrogens (primary N) is 1. The zero-order valence-corrected chi connectivity index (χ0v) is 12.6. The maximum absolute atomic E-state index is 6.17. The molecule has 0 spiro atoms. The minimum Gasteiger partial charge on any atom is -0.327 e. The number of nitrogens with zero attached hydrogens (tertiary/aromatic N) is 2. The molecule has 106 valence electrons. The van der Waals surface area contributed by atoms with Crippen molar-refractivity contribution in [3.8, 4) is 0 Å². The summed E-state index contributed by atoms with van der Waals surface area (Å²) in [6.45, 7) is 14.4. The van der Waals surface area contributed by atoms with Crippen LogP contribution in [-0.4, -0.2) is 54.1 Å². The summed E-state index contributed by atoms with van der Waals surface area (Å²) < 4.78 is 0. The molecule has 2 N–H and O–H groups in total. The Bertz CT molecular complexity index is 266. The zero-order valence-electron chi connectivity index (χ0n) is 12.6.